The largest absolute Gasteiger partial charge is 0.369 e. The van der Waals surface area contributed by atoms with E-state index in [1.54, 1.807) is 0 Å². The molecule has 1 amide bonds. The lowest BCUT2D eigenvalue weighted by Crippen LogP contribution is -2.23. The molecular weight excluding hydrogens is 234 g/mol. The van der Waals surface area contributed by atoms with Gasteiger partial charge in [-0.3, -0.25) is 4.79 Å². The van der Waals surface area contributed by atoms with Crippen LogP contribution in [0.1, 0.15) is 43.6 Å². The summed E-state index contributed by atoms with van der Waals surface area (Å²) < 4.78 is 0. The molecule has 0 bridgehead atoms. The second-order valence-corrected chi connectivity index (χ2v) is 5.33. The molecule has 0 aliphatic heterocycles. The zero-order valence-electron chi connectivity index (χ0n) is 9.86. The molecule has 0 radical (unpaired) electrons. The molecule has 1 atom stereocenters. The van der Waals surface area contributed by atoms with Crippen LogP contribution in [0.4, 0.5) is 0 Å². The van der Waals surface area contributed by atoms with Crippen molar-refractivity contribution in [3.63, 3.8) is 0 Å². The summed E-state index contributed by atoms with van der Waals surface area (Å²) in [6.07, 6.45) is 5.89. The number of carbonyl (C=O) groups is 1. The van der Waals surface area contributed by atoms with E-state index in [0.717, 1.165) is 12.0 Å². The summed E-state index contributed by atoms with van der Waals surface area (Å²) in [5.74, 6) is 0.224. The highest BCUT2D eigenvalue weighted by molar-refractivity contribution is 6.30. The molecule has 2 nitrogen and oxygen atoms in total. The minimum atomic E-state index is -0.237. The van der Waals surface area contributed by atoms with Crippen LogP contribution >= 0.6 is 11.6 Å². The Morgan fingerprint density at radius 2 is 2.12 bits per heavy atom. The molecule has 0 saturated heterocycles. The van der Waals surface area contributed by atoms with Crippen LogP contribution in [0.15, 0.2) is 24.3 Å². The van der Waals surface area contributed by atoms with Gasteiger partial charge in [0.2, 0.25) is 5.91 Å². The van der Waals surface area contributed by atoms with Crippen molar-refractivity contribution in [2.45, 2.75) is 38.0 Å². The Morgan fingerprint density at radius 3 is 2.71 bits per heavy atom. The first-order valence-electron chi connectivity index (χ1n) is 6.21. The van der Waals surface area contributed by atoms with E-state index in [1.807, 2.05) is 24.3 Å². The van der Waals surface area contributed by atoms with Crippen molar-refractivity contribution in [2.75, 3.05) is 0 Å². The maximum absolute atomic E-state index is 11.6. The van der Waals surface area contributed by atoms with Crippen molar-refractivity contribution in [1.29, 1.82) is 0 Å². The number of hydrogen-bond acceptors (Lipinski definition) is 1. The molecule has 1 saturated carbocycles. The molecule has 92 valence electrons. The summed E-state index contributed by atoms with van der Waals surface area (Å²) in [6.45, 7) is 0. The summed E-state index contributed by atoms with van der Waals surface area (Å²) in [5, 5.41) is 0.667. The standard InChI is InChI=1S/C14H18ClNO/c15-12-7-3-6-11(9-12)13(14(16)17)8-10-4-1-2-5-10/h3,6-7,9-10,13H,1-2,4-5,8H2,(H2,16,17). The van der Waals surface area contributed by atoms with Crippen LogP contribution in [0.3, 0.4) is 0 Å². The minimum Gasteiger partial charge on any atom is -0.369 e. The number of benzene rings is 1. The van der Waals surface area contributed by atoms with Crippen molar-refractivity contribution in [3.05, 3.63) is 34.9 Å². The molecular formula is C14H18ClNO. The Bertz CT molecular complexity index is 399. The van der Waals surface area contributed by atoms with Crippen molar-refractivity contribution in [3.8, 4) is 0 Å². The fraction of sp³-hybridized carbons (Fsp3) is 0.500. The molecule has 1 aliphatic rings. The molecule has 1 aromatic carbocycles. The lowest BCUT2D eigenvalue weighted by Gasteiger charge is -2.18. The van der Waals surface area contributed by atoms with Crippen LogP contribution in [-0.4, -0.2) is 5.91 Å². The topological polar surface area (TPSA) is 43.1 Å². The summed E-state index contributed by atoms with van der Waals surface area (Å²) in [7, 11) is 0. The van der Waals surface area contributed by atoms with Crippen molar-refractivity contribution < 1.29 is 4.79 Å². The number of carbonyl (C=O) groups excluding carboxylic acids is 1. The maximum atomic E-state index is 11.6. The molecule has 1 aromatic rings. The first-order valence-corrected chi connectivity index (χ1v) is 6.59. The van der Waals surface area contributed by atoms with E-state index in [4.69, 9.17) is 17.3 Å². The van der Waals surface area contributed by atoms with Crippen LogP contribution < -0.4 is 5.73 Å². The number of halogens is 1. The highest BCUT2D eigenvalue weighted by Gasteiger charge is 2.24. The molecule has 1 unspecified atom stereocenters. The zero-order valence-corrected chi connectivity index (χ0v) is 10.6. The minimum absolute atomic E-state index is 0.184. The summed E-state index contributed by atoms with van der Waals surface area (Å²) in [5.41, 5.74) is 6.47. The van der Waals surface area contributed by atoms with E-state index in [2.05, 4.69) is 0 Å². The van der Waals surface area contributed by atoms with Crippen LogP contribution in [0.2, 0.25) is 5.02 Å². The van der Waals surface area contributed by atoms with Gasteiger partial charge in [-0.2, -0.15) is 0 Å². The first-order chi connectivity index (χ1) is 8.16. The Hall–Kier alpha value is -1.02. The number of amides is 1. The maximum Gasteiger partial charge on any atom is 0.224 e. The molecule has 1 fully saturated rings. The predicted molar refractivity (Wildman–Crippen MR) is 70.0 cm³/mol. The lowest BCUT2D eigenvalue weighted by molar-refractivity contribution is -0.119. The van der Waals surface area contributed by atoms with Gasteiger partial charge < -0.3 is 5.73 Å². The highest BCUT2D eigenvalue weighted by atomic mass is 35.5. The number of primary amides is 1. The first kappa shape index (κ1) is 12.4. The Labute approximate surface area is 107 Å². The van der Waals surface area contributed by atoms with Gasteiger partial charge in [0.1, 0.15) is 0 Å². The van der Waals surface area contributed by atoms with Gasteiger partial charge in [-0.05, 0) is 30.0 Å². The Kier molecular flexibility index (Phi) is 4.06. The molecule has 3 heteroatoms. The monoisotopic (exact) mass is 251 g/mol. The lowest BCUT2D eigenvalue weighted by atomic mass is 9.87. The fourth-order valence-electron chi connectivity index (χ4n) is 2.72. The third kappa shape index (κ3) is 3.22. The van der Waals surface area contributed by atoms with Gasteiger partial charge in [0.25, 0.3) is 0 Å². The third-order valence-corrected chi connectivity index (χ3v) is 3.87. The third-order valence-electron chi connectivity index (χ3n) is 3.64. The van der Waals surface area contributed by atoms with E-state index in [0.29, 0.717) is 10.9 Å². The quantitative estimate of drug-likeness (QED) is 0.875. The predicted octanol–water partition coefficient (Wildman–Crippen LogP) is 3.49. The molecule has 2 rings (SSSR count). The van der Waals surface area contributed by atoms with E-state index in [1.165, 1.54) is 25.7 Å². The zero-order chi connectivity index (χ0) is 12.3. The van der Waals surface area contributed by atoms with Gasteiger partial charge in [0.15, 0.2) is 0 Å². The average molecular weight is 252 g/mol. The van der Waals surface area contributed by atoms with Crippen molar-refractivity contribution >= 4 is 17.5 Å². The summed E-state index contributed by atoms with van der Waals surface area (Å²) in [6, 6.07) is 7.49. The van der Waals surface area contributed by atoms with Crippen LogP contribution in [0.25, 0.3) is 0 Å². The molecule has 17 heavy (non-hydrogen) atoms. The average Bonchev–Trinajstić information content (AvgIpc) is 2.78. The number of nitrogens with two attached hydrogens (primary N) is 1. The van der Waals surface area contributed by atoms with E-state index >= 15 is 0 Å². The van der Waals surface area contributed by atoms with E-state index < -0.39 is 0 Å². The van der Waals surface area contributed by atoms with Crippen LogP contribution in [0.5, 0.6) is 0 Å². The normalized spacial score (nSPS) is 18.2. The van der Waals surface area contributed by atoms with Gasteiger partial charge in [0.05, 0.1) is 5.92 Å². The van der Waals surface area contributed by atoms with Crippen molar-refractivity contribution in [1.82, 2.24) is 0 Å². The molecule has 1 aliphatic carbocycles. The smallest absolute Gasteiger partial charge is 0.224 e. The summed E-state index contributed by atoms with van der Waals surface area (Å²) >= 11 is 5.96. The van der Waals surface area contributed by atoms with Crippen LogP contribution in [0, 0.1) is 5.92 Å². The second-order valence-electron chi connectivity index (χ2n) is 4.90. The van der Waals surface area contributed by atoms with Gasteiger partial charge in [-0.15, -0.1) is 0 Å². The Balaban J connectivity index is 2.13. The van der Waals surface area contributed by atoms with Gasteiger partial charge >= 0.3 is 0 Å². The fourth-order valence-corrected chi connectivity index (χ4v) is 2.92. The highest BCUT2D eigenvalue weighted by Crippen LogP contribution is 2.34. The van der Waals surface area contributed by atoms with Gasteiger partial charge in [-0.1, -0.05) is 49.4 Å². The molecule has 0 aromatic heterocycles. The van der Waals surface area contributed by atoms with Gasteiger partial charge in [-0.25, -0.2) is 0 Å². The van der Waals surface area contributed by atoms with Crippen molar-refractivity contribution in [2.24, 2.45) is 11.7 Å². The van der Waals surface area contributed by atoms with E-state index in [-0.39, 0.29) is 11.8 Å². The molecule has 0 spiro atoms. The Morgan fingerprint density at radius 1 is 1.41 bits per heavy atom. The number of rotatable bonds is 4. The number of hydrogen-bond donors (Lipinski definition) is 1. The summed E-state index contributed by atoms with van der Waals surface area (Å²) in [4.78, 5) is 11.6. The SMILES string of the molecule is NC(=O)C(CC1CCCC1)c1cccc(Cl)c1. The molecule has 2 N–H and O–H groups in total. The van der Waals surface area contributed by atoms with E-state index in [9.17, 15) is 4.79 Å². The second kappa shape index (κ2) is 5.54. The van der Waals surface area contributed by atoms with Crippen LogP contribution in [-0.2, 0) is 4.79 Å². The van der Waals surface area contributed by atoms with Gasteiger partial charge in [0, 0.05) is 5.02 Å². The molecule has 0 heterocycles.